The standard InChI is InChI=1S/C25H26N10O/c1-33-15-20(14-30-33)35-16-29-22-23(31-25(32-24(22)35)34-8-10-36-11-9-34)28-13-17-2-7-21(27-12-17)18-3-5-19(26)6-4-18/h2-7,12,14-16H,8-11,13,26H2,1H3,(H,28,31,32). The number of aromatic nitrogens is 7. The highest BCUT2D eigenvalue weighted by Gasteiger charge is 2.20. The number of nitrogens with zero attached hydrogens (tertiary/aromatic N) is 8. The van der Waals surface area contributed by atoms with Gasteiger partial charge in [0.2, 0.25) is 5.95 Å². The molecule has 3 N–H and O–H groups in total. The summed E-state index contributed by atoms with van der Waals surface area (Å²) in [6.45, 7) is 3.32. The Kier molecular flexibility index (Phi) is 5.66. The average Bonchev–Trinajstić information content (AvgIpc) is 3.54. The van der Waals surface area contributed by atoms with E-state index in [1.165, 1.54) is 0 Å². The largest absolute Gasteiger partial charge is 0.399 e. The number of nitrogens with one attached hydrogen (secondary N) is 1. The molecule has 0 amide bonds. The van der Waals surface area contributed by atoms with Crippen molar-refractivity contribution in [3.05, 3.63) is 66.9 Å². The molecule has 0 bridgehead atoms. The first-order valence-electron chi connectivity index (χ1n) is 11.8. The first kappa shape index (κ1) is 22.0. The molecule has 0 atom stereocenters. The minimum atomic E-state index is 0.545. The lowest BCUT2D eigenvalue weighted by Crippen LogP contribution is -2.37. The Morgan fingerprint density at radius 3 is 2.56 bits per heavy atom. The van der Waals surface area contributed by atoms with Crippen LogP contribution < -0.4 is 16.0 Å². The maximum Gasteiger partial charge on any atom is 0.229 e. The summed E-state index contributed by atoms with van der Waals surface area (Å²) < 4.78 is 9.21. The van der Waals surface area contributed by atoms with Crippen LogP contribution in [0.25, 0.3) is 28.1 Å². The zero-order valence-electron chi connectivity index (χ0n) is 19.9. The number of rotatable bonds is 6. The van der Waals surface area contributed by atoms with Crippen molar-refractivity contribution in [3.8, 4) is 16.9 Å². The second kappa shape index (κ2) is 9.27. The van der Waals surface area contributed by atoms with E-state index in [2.05, 4.69) is 31.3 Å². The van der Waals surface area contributed by atoms with E-state index in [1.54, 1.807) is 17.2 Å². The number of nitrogens with two attached hydrogens (primary N) is 1. The minimum Gasteiger partial charge on any atom is -0.399 e. The molecule has 1 saturated heterocycles. The Hall–Kier alpha value is -4.51. The van der Waals surface area contributed by atoms with Gasteiger partial charge in [-0.3, -0.25) is 14.2 Å². The number of fused-ring (bicyclic) bond motifs is 1. The van der Waals surface area contributed by atoms with E-state index in [1.807, 2.05) is 54.3 Å². The van der Waals surface area contributed by atoms with Crippen LogP contribution in [0, 0.1) is 0 Å². The van der Waals surface area contributed by atoms with Gasteiger partial charge in [-0.1, -0.05) is 18.2 Å². The van der Waals surface area contributed by atoms with Gasteiger partial charge in [-0.25, -0.2) is 4.98 Å². The Morgan fingerprint density at radius 1 is 1.00 bits per heavy atom. The molecule has 1 fully saturated rings. The zero-order chi connectivity index (χ0) is 24.5. The Morgan fingerprint density at radius 2 is 1.83 bits per heavy atom. The highest BCUT2D eigenvalue weighted by Crippen LogP contribution is 2.26. The normalized spacial score (nSPS) is 13.9. The van der Waals surface area contributed by atoms with Crippen LogP contribution in [0.3, 0.4) is 0 Å². The van der Waals surface area contributed by atoms with E-state index < -0.39 is 0 Å². The first-order valence-corrected chi connectivity index (χ1v) is 11.8. The monoisotopic (exact) mass is 482 g/mol. The van der Waals surface area contributed by atoms with Crippen LogP contribution >= 0.6 is 0 Å². The average molecular weight is 483 g/mol. The molecule has 11 nitrogen and oxygen atoms in total. The van der Waals surface area contributed by atoms with Gasteiger partial charge in [0.25, 0.3) is 0 Å². The molecular formula is C25H26N10O. The molecule has 1 aliphatic heterocycles. The van der Waals surface area contributed by atoms with Crippen LogP contribution in [0.5, 0.6) is 0 Å². The highest BCUT2D eigenvalue weighted by molar-refractivity contribution is 5.85. The lowest BCUT2D eigenvalue weighted by molar-refractivity contribution is 0.122. The second-order valence-electron chi connectivity index (χ2n) is 8.66. The third kappa shape index (κ3) is 4.31. The number of anilines is 3. The van der Waals surface area contributed by atoms with E-state index >= 15 is 0 Å². The van der Waals surface area contributed by atoms with Crippen LogP contribution in [-0.2, 0) is 18.3 Å². The van der Waals surface area contributed by atoms with Crippen molar-refractivity contribution >= 4 is 28.6 Å². The van der Waals surface area contributed by atoms with Crippen molar-refractivity contribution in [1.82, 2.24) is 34.3 Å². The summed E-state index contributed by atoms with van der Waals surface area (Å²) in [5, 5.41) is 7.75. The summed E-state index contributed by atoms with van der Waals surface area (Å²) in [5.41, 5.74) is 11.8. The van der Waals surface area contributed by atoms with E-state index in [-0.39, 0.29) is 0 Å². The van der Waals surface area contributed by atoms with E-state index in [9.17, 15) is 0 Å². The van der Waals surface area contributed by atoms with Gasteiger partial charge >= 0.3 is 0 Å². The maximum atomic E-state index is 5.80. The number of pyridine rings is 1. The van der Waals surface area contributed by atoms with E-state index in [0.29, 0.717) is 37.0 Å². The summed E-state index contributed by atoms with van der Waals surface area (Å²) in [4.78, 5) is 21.1. The molecule has 182 valence electrons. The molecule has 0 radical (unpaired) electrons. The van der Waals surface area contributed by atoms with Crippen LogP contribution in [-0.4, -0.2) is 60.6 Å². The Labute approximate surface area is 207 Å². The lowest BCUT2D eigenvalue weighted by Gasteiger charge is -2.27. The van der Waals surface area contributed by atoms with Crippen molar-refractivity contribution in [2.45, 2.75) is 6.54 Å². The molecular weight excluding hydrogens is 456 g/mol. The van der Waals surface area contributed by atoms with Crippen molar-refractivity contribution in [3.63, 3.8) is 0 Å². The minimum absolute atomic E-state index is 0.545. The maximum absolute atomic E-state index is 5.80. The molecule has 36 heavy (non-hydrogen) atoms. The van der Waals surface area contributed by atoms with Gasteiger partial charge in [0.15, 0.2) is 17.0 Å². The van der Waals surface area contributed by atoms with Crippen molar-refractivity contribution in [2.75, 3.05) is 42.3 Å². The van der Waals surface area contributed by atoms with Gasteiger partial charge in [-0.05, 0) is 23.8 Å². The van der Waals surface area contributed by atoms with Crippen LogP contribution in [0.15, 0.2) is 61.3 Å². The molecule has 6 rings (SSSR count). The zero-order valence-corrected chi connectivity index (χ0v) is 19.9. The molecule has 4 aromatic heterocycles. The van der Waals surface area contributed by atoms with E-state index in [0.717, 1.165) is 46.9 Å². The van der Waals surface area contributed by atoms with Gasteiger partial charge in [0.1, 0.15) is 6.33 Å². The number of imidazole rings is 1. The molecule has 11 heteroatoms. The molecule has 0 spiro atoms. The van der Waals surface area contributed by atoms with Crippen LogP contribution in [0.1, 0.15) is 5.56 Å². The van der Waals surface area contributed by atoms with Crippen molar-refractivity contribution in [2.24, 2.45) is 7.05 Å². The van der Waals surface area contributed by atoms with Gasteiger partial charge in [-0.2, -0.15) is 15.1 Å². The second-order valence-corrected chi connectivity index (χ2v) is 8.66. The van der Waals surface area contributed by atoms with Crippen LogP contribution in [0.2, 0.25) is 0 Å². The fourth-order valence-corrected chi connectivity index (χ4v) is 4.18. The Bertz CT molecular complexity index is 1480. The van der Waals surface area contributed by atoms with Crippen LogP contribution in [0.4, 0.5) is 17.5 Å². The summed E-state index contributed by atoms with van der Waals surface area (Å²) in [7, 11) is 1.89. The number of benzene rings is 1. The molecule has 1 aromatic carbocycles. The third-order valence-electron chi connectivity index (χ3n) is 6.14. The first-order chi connectivity index (χ1) is 17.6. The summed E-state index contributed by atoms with van der Waals surface area (Å²) in [5.74, 6) is 1.32. The van der Waals surface area contributed by atoms with Gasteiger partial charge in [0.05, 0.1) is 30.8 Å². The lowest BCUT2D eigenvalue weighted by atomic mass is 10.1. The SMILES string of the molecule is Cn1cc(-n2cnc3c(NCc4ccc(-c5ccc(N)cc5)nc4)nc(N4CCOCC4)nc32)cn1. The fraction of sp³-hybridized carbons (Fsp3) is 0.240. The van der Waals surface area contributed by atoms with Gasteiger partial charge in [0, 0.05) is 50.3 Å². The fourth-order valence-electron chi connectivity index (χ4n) is 4.18. The van der Waals surface area contributed by atoms with Crippen molar-refractivity contribution in [1.29, 1.82) is 0 Å². The van der Waals surface area contributed by atoms with E-state index in [4.69, 9.17) is 20.4 Å². The number of ether oxygens (including phenoxy) is 1. The summed E-state index contributed by atoms with van der Waals surface area (Å²) in [6, 6.07) is 11.8. The number of hydrogen-bond acceptors (Lipinski definition) is 9. The predicted molar refractivity (Wildman–Crippen MR) is 138 cm³/mol. The molecule has 5 aromatic rings. The summed E-state index contributed by atoms with van der Waals surface area (Å²) >= 11 is 0. The topological polar surface area (TPSA) is 125 Å². The highest BCUT2D eigenvalue weighted by atomic mass is 16.5. The molecule has 1 aliphatic rings. The molecule has 0 aliphatic carbocycles. The number of nitrogen functional groups attached to an aromatic ring is 1. The number of hydrogen-bond donors (Lipinski definition) is 2. The van der Waals surface area contributed by atoms with Crippen molar-refractivity contribution < 1.29 is 4.74 Å². The molecule has 0 unspecified atom stereocenters. The number of aryl methyl sites for hydroxylation is 1. The smallest absolute Gasteiger partial charge is 0.229 e. The van der Waals surface area contributed by atoms with Gasteiger partial charge in [-0.15, -0.1) is 0 Å². The Balaban J connectivity index is 1.30. The predicted octanol–water partition coefficient (Wildman–Crippen LogP) is 2.64. The quantitative estimate of drug-likeness (QED) is 0.351. The van der Waals surface area contributed by atoms with Gasteiger partial charge < -0.3 is 20.7 Å². The molecule has 5 heterocycles. The number of morpholine rings is 1. The molecule has 0 saturated carbocycles. The third-order valence-corrected chi connectivity index (χ3v) is 6.14. The summed E-state index contributed by atoms with van der Waals surface area (Å²) in [6.07, 6.45) is 7.35.